The number of carbonyl (C=O) groups is 1. The van der Waals surface area contributed by atoms with Gasteiger partial charge in [-0.05, 0) is 61.7 Å². The molecule has 1 N–H and O–H groups in total. The van der Waals surface area contributed by atoms with Crippen molar-refractivity contribution in [2.24, 2.45) is 0 Å². The number of aromatic nitrogens is 3. The number of nitrogens with one attached hydrogen (secondary N) is 1. The Morgan fingerprint density at radius 3 is 2.49 bits per heavy atom. The first-order valence-electron chi connectivity index (χ1n) is 11.7. The van der Waals surface area contributed by atoms with E-state index in [2.05, 4.69) is 40.6 Å². The lowest BCUT2D eigenvalue weighted by Crippen LogP contribution is -2.15. The van der Waals surface area contributed by atoms with E-state index < -0.39 is 0 Å². The van der Waals surface area contributed by atoms with Crippen LogP contribution in [-0.2, 0) is 17.8 Å². The van der Waals surface area contributed by atoms with Crippen molar-refractivity contribution in [3.05, 3.63) is 95.3 Å². The molecule has 0 fully saturated rings. The van der Waals surface area contributed by atoms with Gasteiger partial charge in [-0.25, -0.2) is 0 Å². The summed E-state index contributed by atoms with van der Waals surface area (Å²) in [5, 5.41) is 12.4. The predicted molar refractivity (Wildman–Crippen MR) is 141 cm³/mol. The topological polar surface area (TPSA) is 69.0 Å². The summed E-state index contributed by atoms with van der Waals surface area (Å²) in [5.41, 5.74) is 5.25. The Balaban J connectivity index is 1.46. The summed E-state index contributed by atoms with van der Waals surface area (Å²) >= 11 is 1.35. The van der Waals surface area contributed by atoms with E-state index in [0.717, 1.165) is 41.1 Å². The summed E-state index contributed by atoms with van der Waals surface area (Å²) in [4.78, 5) is 12.6. The van der Waals surface area contributed by atoms with Crippen LogP contribution >= 0.6 is 11.8 Å². The van der Waals surface area contributed by atoms with Crippen LogP contribution in [0.5, 0.6) is 5.75 Å². The highest BCUT2D eigenvalue weighted by Crippen LogP contribution is 2.24. The van der Waals surface area contributed by atoms with E-state index >= 15 is 0 Å². The number of para-hydroxylation sites is 1. The Morgan fingerprint density at radius 2 is 1.77 bits per heavy atom. The molecule has 0 unspecified atom stereocenters. The van der Waals surface area contributed by atoms with Gasteiger partial charge in [-0.1, -0.05) is 73.1 Å². The second-order valence-corrected chi connectivity index (χ2v) is 9.35. The molecule has 4 aromatic rings. The molecule has 1 amide bonds. The monoisotopic (exact) mass is 486 g/mol. The van der Waals surface area contributed by atoms with Crippen molar-refractivity contribution in [3.63, 3.8) is 0 Å². The van der Waals surface area contributed by atoms with Gasteiger partial charge in [0.2, 0.25) is 5.91 Å². The number of rotatable bonds is 10. The molecule has 3 aromatic carbocycles. The van der Waals surface area contributed by atoms with Gasteiger partial charge in [-0.15, -0.1) is 10.2 Å². The second kappa shape index (κ2) is 11.7. The molecule has 0 saturated heterocycles. The summed E-state index contributed by atoms with van der Waals surface area (Å²) in [6.45, 7) is 6.47. The molecule has 0 aliphatic carbocycles. The number of aryl methyl sites for hydroxylation is 3. The fraction of sp³-hybridized carbons (Fsp3) is 0.250. The standard InChI is InChI=1S/C28H30N4O2S/c1-4-8-22-12-14-24(15-13-22)34-18-26-30-31-28(32(26)23-9-6-5-7-10-23)35-19-27(33)29-25-16-11-20(2)17-21(25)3/h5-7,9-17H,4,8,18-19H2,1-3H3,(H,29,33). The molecule has 7 heteroatoms. The van der Waals surface area contributed by atoms with Crippen molar-refractivity contribution in [2.75, 3.05) is 11.1 Å². The van der Waals surface area contributed by atoms with Crippen LogP contribution < -0.4 is 10.1 Å². The summed E-state index contributed by atoms with van der Waals surface area (Å²) in [6, 6.07) is 24.0. The molecule has 180 valence electrons. The van der Waals surface area contributed by atoms with Gasteiger partial charge < -0.3 is 10.1 Å². The van der Waals surface area contributed by atoms with Crippen LogP contribution in [0, 0.1) is 13.8 Å². The van der Waals surface area contributed by atoms with Gasteiger partial charge in [0.15, 0.2) is 11.0 Å². The van der Waals surface area contributed by atoms with E-state index in [0.29, 0.717) is 11.0 Å². The van der Waals surface area contributed by atoms with Crippen LogP contribution in [0.1, 0.15) is 35.9 Å². The highest BCUT2D eigenvalue weighted by atomic mass is 32.2. The van der Waals surface area contributed by atoms with Gasteiger partial charge in [0.05, 0.1) is 5.75 Å². The Labute approximate surface area is 210 Å². The summed E-state index contributed by atoms with van der Waals surface area (Å²) in [5.74, 6) is 1.59. The van der Waals surface area contributed by atoms with Crippen LogP contribution in [-0.4, -0.2) is 26.4 Å². The molecule has 6 nitrogen and oxygen atoms in total. The Bertz CT molecular complexity index is 1270. The fourth-order valence-corrected chi connectivity index (χ4v) is 4.55. The van der Waals surface area contributed by atoms with E-state index in [1.165, 1.54) is 17.3 Å². The minimum absolute atomic E-state index is 0.0884. The lowest BCUT2D eigenvalue weighted by Gasteiger charge is -2.12. The molecule has 0 spiro atoms. The third-order valence-corrected chi connectivity index (χ3v) is 6.46. The molecule has 1 aromatic heterocycles. The molecule has 0 bridgehead atoms. The first kappa shape index (κ1) is 24.5. The van der Waals surface area contributed by atoms with Gasteiger partial charge >= 0.3 is 0 Å². The average Bonchev–Trinajstić information content (AvgIpc) is 3.27. The third-order valence-electron chi connectivity index (χ3n) is 5.53. The SMILES string of the molecule is CCCc1ccc(OCc2nnc(SCC(=O)Nc3ccc(C)cc3C)n2-c2ccccc2)cc1. The average molecular weight is 487 g/mol. The van der Waals surface area contributed by atoms with Gasteiger partial charge in [-0.3, -0.25) is 9.36 Å². The number of benzene rings is 3. The lowest BCUT2D eigenvalue weighted by molar-refractivity contribution is -0.113. The molecular formula is C28H30N4O2S. The summed E-state index contributed by atoms with van der Waals surface area (Å²) < 4.78 is 7.96. The largest absolute Gasteiger partial charge is 0.486 e. The molecule has 4 rings (SSSR count). The zero-order chi connectivity index (χ0) is 24.6. The van der Waals surface area contributed by atoms with E-state index in [-0.39, 0.29) is 18.3 Å². The smallest absolute Gasteiger partial charge is 0.234 e. The maximum atomic E-state index is 12.6. The summed E-state index contributed by atoms with van der Waals surface area (Å²) in [6.07, 6.45) is 2.17. The normalized spacial score (nSPS) is 10.8. The molecule has 0 atom stereocenters. The van der Waals surface area contributed by atoms with Crippen molar-refractivity contribution < 1.29 is 9.53 Å². The second-order valence-electron chi connectivity index (χ2n) is 8.41. The maximum absolute atomic E-state index is 12.6. The number of hydrogen-bond acceptors (Lipinski definition) is 5. The number of anilines is 1. The van der Waals surface area contributed by atoms with Gasteiger partial charge in [0.1, 0.15) is 12.4 Å². The van der Waals surface area contributed by atoms with Crippen molar-refractivity contribution in [3.8, 4) is 11.4 Å². The molecule has 35 heavy (non-hydrogen) atoms. The fourth-order valence-electron chi connectivity index (χ4n) is 3.78. The zero-order valence-electron chi connectivity index (χ0n) is 20.3. The number of amides is 1. The highest BCUT2D eigenvalue weighted by molar-refractivity contribution is 7.99. The quantitative estimate of drug-likeness (QED) is 0.272. The number of carbonyl (C=O) groups excluding carboxylic acids is 1. The molecule has 0 aliphatic rings. The third kappa shape index (κ3) is 6.51. The first-order chi connectivity index (χ1) is 17.0. The number of hydrogen-bond donors (Lipinski definition) is 1. The molecular weight excluding hydrogens is 456 g/mol. The number of nitrogens with zero attached hydrogens (tertiary/aromatic N) is 3. The van der Waals surface area contributed by atoms with Crippen LogP contribution in [0.3, 0.4) is 0 Å². The van der Waals surface area contributed by atoms with Crippen LogP contribution in [0.15, 0.2) is 78.0 Å². The summed E-state index contributed by atoms with van der Waals surface area (Å²) in [7, 11) is 0. The number of thioether (sulfide) groups is 1. The zero-order valence-corrected chi connectivity index (χ0v) is 21.1. The van der Waals surface area contributed by atoms with Crippen LogP contribution in [0.2, 0.25) is 0 Å². The molecule has 1 heterocycles. The predicted octanol–water partition coefficient (Wildman–Crippen LogP) is 6.15. The van der Waals surface area contributed by atoms with Crippen LogP contribution in [0.4, 0.5) is 5.69 Å². The molecule has 0 aliphatic heterocycles. The first-order valence-corrected chi connectivity index (χ1v) is 12.7. The van der Waals surface area contributed by atoms with Gasteiger partial charge in [-0.2, -0.15) is 0 Å². The lowest BCUT2D eigenvalue weighted by atomic mass is 10.1. The van der Waals surface area contributed by atoms with E-state index in [9.17, 15) is 4.79 Å². The van der Waals surface area contributed by atoms with Crippen molar-refractivity contribution in [1.82, 2.24) is 14.8 Å². The van der Waals surface area contributed by atoms with Crippen LogP contribution in [0.25, 0.3) is 5.69 Å². The Kier molecular flexibility index (Phi) is 8.21. The minimum atomic E-state index is -0.0884. The van der Waals surface area contributed by atoms with Gasteiger partial charge in [0, 0.05) is 11.4 Å². The highest BCUT2D eigenvalue weighted by Gasteiger charge is 2.17. The van der Waals surface area contributed by atoms with Gasteiger partial charge in [0.25, 0.3) is 0 Å². The van der Waals surface area contributed by atoms with Crippen molar-refractivity contribution in [2.45, 2.75) is 45.4 Å². The molecule has 0 radical (unpaired) electrons. The maximum Gasteiger partial charge on any atom is 0.234 e. The Hall–Kier alpha value is -3.58. The van der Waals surface area contributed by atoms with E-state index in [1.807, 2.05) is 73.0 Å². The Morgan fingerprint density at radius 1 is 1.00 bits per heavy atom. The molecule has 0 saturated carbocycles. The van der Waals surface area contributed by atoms with Crippen molar-refractivity contribution >= 4 is 23.4 Å². The van der Waals surface area contributed by atoms with E-state index in [1.54, 1.807) is 0 Å². The van der Waals surface area contributed by atoms with E-state index in [4.69, 9.17) is 4.74 Å². The number of ether oxygens (including phenoxy) is 1. The van der Waals surface area contributed by atoms with Crippen molar-refractivity contribution in [1.29, 1.82) is 0 Å². The minimum Gasteiger partial charge on any atom is -0.486 e.